The Labute approximate surface area is 144 Å². The molecule has 2 aromatic rings. The van der Waals surface area contributed by atoms with Crippen LogP contribution in [0.25, 0.3) is 0 Å². The first-order chi connectivity index (χ1) is 11.3. The van der Waals surface area contributed by atoms with Gasteiger partial charge in [-0.1, -0.05) is 15.9 Å². The van der Waals surface area contributed by atoms with E-state index in [0.29, 0.717) is 19.1 Å². The maximum atomic E-state index is 5.77. The number of hydrogen-bond acceptors (Lipinski definition) is 6. The minimum atomic E-state index is 0.424. The van der Waals surface area contributed by atoms with Gasteiger partial charge in [-0.15, -0.1) is 0 Å². The summed E-state index contributed by atoms with van der Waals surface area (Å²) in [5.74, 6) is 2.18. The Bertz CT molecular complexity index is 618. The maximum absolute atomic E-state index is 5.77. The van der Waals surface area contributed by atoms with Gasteiger partial charge in [0.25, 0.3) is 5.88 Å². The van der Waals surface area contributed by atoms with Crippen LogP contribution in [0.15, 0.2) is 41.1 Å². The van der Waals surface area contributed by atoms with Crippen molar-refractivity contribution in [1.29, 1.82) is 0 Å². The fraction of sp³-hybridized carbons (Fsp3) is 0.375. The first kappa shape index (κ1) is 16.0. The average molecular weight is 379 g/mol. The van der Waals surface area contributed by atoms with Gasteiger partial charge in [0.2, 0.25) is 0 Å². The van der Waals surface area contributed by atoms with E-state index in [1.165, 1.54) is 0 Å². The summed E-state index contributed by atoms with van der Waals surface area (Å²) in [5.41, 5.74) is 0. The van der Waals surface area contributed by atoms with E-state index in [1.807, 2.05) is 24.3 Å². The van der Waals surface area contributed by atoms with Gasteiger partial charge in [0, 0.05) is 43.0 Å². The molecule has 2 heterocycles. The third kappa shape index (κ3) is 4.56. The Morgan fingerprint density at radius 3 is 2.48 bits per heavy atom. The number of piperazine rings is 1. The van der Waals surface area contributed by atoms with E-state index in [9.17, 15) is 0 Å². The van der Waals surface area contributed by atoms with Crippen LogP contribution in [0.5, 0.6) is 11.6 Å². The largest absolute Gasteiger partial charge is 0.490 e. The molecule has 3 rings (SSSR count). The monoisotopic (exact) mass is 378 g/mol. The highest BCUT2D eigenvalue weighted by molar-refractivity contribution is 9.10. The predicted octanol–water partition coefficient (Wildman–Crippen LogP) is 2.11. The van der Waals surface area contributed by atoms with E-state index in [-0.39, 0.29) is 0 Å². The topological polar surface area (TPSA) is 59.5 Å². The minimum Gasteiger partial charge on any atom is -0.490 e. The standard InChI is InChI=1S/C16H19BrN4O2/c17-13-1-3-14(4-2-13)22-11-12-23-16-15(19-5-6-20-16)21-9-7-18-8-10-21/h1-6,18H,7-12H2. The molecule has 0 atom stereocenters. The molecule has 1 N–H and O–H groups in total. The molecule has 6 nitrogen and oxygen atoms in total. The van der Waals surface area contributed by atoms with E-state index in [2.05, 4.69) is 36.1 Å². The lowest BCUT2D eigenvalue weighted by Gasteiger charge is -2.28. The second-order valence-electron chi connectivity index (χ2n) is 5.07. The molecule has 0 aliphatic carbocycles. The van der Waals surface area contributed by atoms with Crippen molar-refractivity contribution in [3.8, 4) is 11.6 Å². The van der Waals surface area contributed by atoms with Crippen molar-refractivity contribution >= 4 is 21.7 Å². The smallest absolute Gasteiger partial charge is 0.257 e. The number of benzene rings is 1. The van der Waals surface area contributed by atoms with E-state index in [4.69, 9.17) is 9.47 Å². The number of rotatable bonds is 6. The lowest BCUT2D eigenvalue weighted by molar-refractivity contribution is 0.211. The van der Waals surface area contributed by atoms with Gasteiger partial charge in [-0.25, -0.2) is 9.97 Å². The number of hydrogen-bond donors (Lipinski definition) is 1. The molecule has 1 fully saturated rings. The van der Waals surface area contributed by atoms with Crippen molar-refractivity contribution in [2.24, 2.45) is 0 Å². The zero-order valence-electron chi connectivity index (χ0n) is 12.7. The second kappa shape index (κ2) is 8.12. The SMILES string of the molecule is Brc1ccc(OCCOc2nccnc2N2CCNCC2)cc1. The van der Waals surface area contributed by atoms with Crippen LogP contribution >= 0.6 is 15.9 Å². The molecule has 0 spiro atoms. The van der Waals surface area contributed by atoms with E-state index >= 15 is 0 Å². The maximum Gasteiger partial charge on any atom is 0.257 e. The highest BCUT2D eigenvalue weighted by Gasteiger charge is 2.17. The summed E-state index contributed by atoms with van der Waals surface area (Å²) >= 11 is 3.40. The zero-order chi connectivity index (χ0) is 15.9. The van der Waals surface area contributed by atoms with Crippen LogP contribution in [0.2, 0.25) is 0 Å². The van der Waals surface area contributed by atoms with Gasteiger partial charge in [-0.2, -0.15) is 0 Å². The van der Waals surface area contributed by atoms with Crippen LogP contribution in [0.4, 0.5) is 5.82 Å². The van der Waals surface area contributed by atoms with Crippen LogP contribution < -0.4 is 19.7 Å². The van der Waals surface area contributed by atoms with E-state index in [1.54, 1.807) is 12.4 Å². The van der Waals surface area contributed by atoms with Crippen molar-refractivity contribution in [3.05, 3.63) is 41.1 Å². The zero-order valence-corrected chi connectivity index (χ0v) is 14.3. The van der Waals surface area contributed by atoms with Crippen molar-refractivity contribution in [1.82, 2.24) is 15.3 Å². The summed E-state index contributed by atoms with van der Waals surface area (Å²) in [7, 11) is 0. The van der Waals surface area contributed by atoms with Crippen LogP contribution in [0, 0.1) is 0 Å². The minimum absolute atomic E-state index is 0.424. The molecule has 122 valence electrons. The first-order valence-corrected chi connectivity index (χ1v) is 8.40. The van der Waals surface area contributed by atoms with Crippen molar-refractivity contribution in [2.75, 3.05) is 44.3 Å². The fourth-order valence-corrected chi connectivity index (χ4v) is 2.61. The van der Waals surface area contributed by atoms with Crippen LogP contribution in [0.1, 0.15) is 0 Å². The predicted molar refractivity (Wildman–Crippen MR) is 92.2 cm³/mol. The van der Waals surface area contributed by atoms with Gasteiger partial charge in [0.1, 0.15) is 19.0 Å². The van der Waals surface area contributed by atoms with Crippen molar-refractivity contribution in [3.63, 3.8) is 0 Å². The number of nitrogens with one attached hydrogen (secondary N) is 1. The molecule has 1 aromatic heterocycles. The molecule has 0 unspecified atom stereocenters. The molecule has 0 saturated carbocycles. The van der Waals surface area contributed by atoms with E-state index in [0.717, 1.165) is 42.2 Å². The van der Waals surface area contributed by atoms with Gasteiger partial charge < -0.3 is 19.7 Å². The molecule has 1 aliphatic rings. The van der Waals surface area contributed by atoms with Gasteiger partial charge in [0.15, 0.2) is 5.82 Å². The molecule has 1 aliphatic heterocycles. The second-order valence-corrected chi connectivity index (χ2v) is 5.99. The molecule has 0 amide bonds. The van der Waals surface area contributed by atoms with Gasteiger partial charge in [0.05, 0.1) is 0 Å². The number of anilines is 1. The number of halogens is 1. The molecule has 1 saturated heterocycles. The molecule has 7 heteroatoms. The summed E-state index contributed by atoms with van der Waals surface area (Å²) in [6, 6.07) is 7.72. The Balaban J connectivity index is 1.52. The molecule has 0 radical (unpaired) electrons. The van der Waals surface area contributed by atoms with Crippen LogP contribution in [0.3, 0.4) is 0 Å². The highest BCUT2D eigenvalue weighted by atomic mass is 79.9. The summed E-state index contributed by atoms with van der Waals surface area (Å²) in [6.07, 6.45) is 3.35. The first-order valence-electron chi connectivity index (χ1n) is 7.61. The fourth-order valence-electron chi connectivity index (χ4n) is 2.34. The molecular weight excluding hydrogens is 360 g/mol. The Morgan fingerprint density at radius 2 is 1.70 bits per heavy atom. The number of aromatic nitrogens is 2. The summed E-state index contributed by atoms with van der Waals surface area (Å²) in [4.78, 5) is 10.9. The quantitative estimate of drug-likeness (QED) is 0.776. The van der Waals surface area contributed by atoms with Crippen LogP contribution in [-0.4, -0.2) is 49.4 Å². The van der Waals surface area contributed by atoms with E-state index < -0.39 is 0 Å². The highest BCUT2D eigenvalue weighted by Crippen LogP contribution is 2.22. The van der Waals surface area contributed by atoms with Crippen molar-refractivity contribution < 1.29 is 9.47 Å². The summed E-state index contributed by atoms with van der Waals surface area (Å²) < 4.78 is 12.4. The van der Waals surface area contributed by atoms with Gasteiger partial charge in [-0.05, 0) is 24.3 Å². The molecule has 0 bridgehead atoms. The Morgan fingerprint density at radius 1 is 1.00 bits per heavy atom. The lowest BCUT2D eigenvalue weighted by Crippen LogP contribution is -2.44. The Kier molecular flexibility index (Phi) is 5.65. The average Bonchev–Trinajstić information content (AvgIpc) is 2.61. The lowest BCUT2D eigenvalue weighted by atomic mass is 10.3. The molecule has 1 aromatic carbocycles. The van der Waals surface area contributed by atoms with Gasteiger partial charge in [-0.3, -0.25) is 0 Å². The molecular formula is C16H19BrN4O2. The third-order valence-electron chi connectivity index (χ3n) is 3.47. The number of nitrogens with zero attached hydrogens (tertiary/aromatic N) is 3. The summed E-state index contributed by atoms with van der Waals surface area (Å²) in [5, 5.41) is 3.32. The summed E-state index contributed by atoms with van der Waals surface area (Å²) in [6.45, 7) is 4.59. The Hall–Kier alpha value is -1.86. The third-order valence-corrected chi connectivity index (χ3v) is 4.00. The number of ether oxygens (including phenoxy) is 2. The van der Waals surface area contributed by atoms with Crippen LogP contribution in [-0.2, 0) is 0 Å². The van der Waals surface area contributed by atoms with Crippen molar-refractivity contribution in [2.45, 2.75) is 0 Å². The van der Waals surface area contributed by atoms with Gasteiger partial charge >= 0.3 is 0 Å². The molecule has 23 heavy (non-hydrogen) atoms. The normalized spacial score (nSPS) is 14.6.